The van der Waals surface area contributed by atoms with Crippen molar-refractivity contribution in [2.45, 2.75) is 53.6 Å². The highest BCUT2D eigenvalue weighted by molar-refractivity contribution is 5.16. The summed E-state index contributed by atoms with van der Waals surface area (Å²) >= 11 is 0. The van der Waals surface area contributed by atoms with Crippen LogP contribution in [0, 0.1) is 5.41 Å². The van der Waals surface area contributed by atoms with Gasteiger partial charge in [0.1, 0.15) is 0 Å². The fourth-order valence-corrected chi connectivity index (χ4v) is 1.92. The highest BCUT2D eigenvalue weighted by Crippen LogP contribution is 2.32. The Labute approximate surface area is 98.2 Å². The molecule has 4 heteroatoms. The molecule has 0 bridgehead atoms. The second-order valence-electron chi connectivity index (χ2n) is 5.20. The predicted molar refractivity (Wildman–Crippen MR) is 66.8 cm³/mol. The SMILES string of the molecule is CCc1cc(C(NN)C(C)(C)C)n(CC)n1. The molecule has 1 rings (SSSR count). The zero-order chi connectivity index (χ0) is 12.3. The van der Waals surface area contributed by atoms with Crippen molar-refractivity contribution in [3.05, 3.63) is 17.5 Å². The predicted octanol–water partition coefficient (Wildman–Crippen LogP) is 2.02. The van der Waals surface area contributed by atoms with Crippen LogP contribution in [-0.4, -0.2) is 9.78 Å². The van der Waals surface area contributed by atoms with Gasteiger partial charge in [-0.2, -0.15) is 5.10 Å². The topological polar surface area (TPSA) is 55.9 Å². The van der Waals surface area contributed by atoms with Crippen molar-refractivity contribution in [3.8, 4) is 0 Å². The van der Waals surface area contributed by atoms with Gasteiger partial charge in [0.2, 0.25) is 0 Å². The molecular formula is C12H24N4. The number of hydrogen-bond donors (Lipinski definition) is 2. The van der Waals surface area contributed by atoms with E-state index in [4.69, 9.17) is 5.84 Å². The zero-order valence-electron chi connectivity index (χ0n) is 11.0. The van der Waals surface area contributed by atoms with E-state index in [9.17, 15) is 0 Å². The number of aryl methyl sites for hydroxylation is 2. The Kier molecular flexibility index (Phi) is 4.10. The second kappa shape index (κ2) is 4.97. The summed E-state index contributed by atoms with van der Waals surface area (Å²) in [7, 11) is 0. The molecular weight excluding hydrogens is 200 g/mol. The maximum atomic E-state index is 5.67. The summed E-state index contributed by atoms with van der Waals surface area (Å²) in [5.41, 5.74) is 5.29. The molecule has 0 saturated heterocycles. The van der Waals surface area contributed by atoms with Gasteiger partial charge in [-0.15, -0.1) is 0 Å². The lowest BCUT2D eigenvalue weighted by atomic mass is 9.85. The van der Waals surface area contributed by atoms with Crippen LogP contribution in [0.1, 0.15) is 52.0 Å². The van der Waals surface area contributed by atoms with Crippen LogP contribution in [0.5, 0.6) is 0 Å². The molecule has 0 aromatic carbocycles. The second-order valence-corrected chi connectivity index (χ2v) is 5.20. The van der Waals surface area contributed by atoms with Crippen molar-refractivity contribution < 1.29 is 0 Å². The van der Waals surface area contributed by atoms with Gasteiger partial charge in [0, 0.05) is 6.54 Å². The van der Waals surface area contributed by atoms with E-state index >= 15 is 0 Å². The Bertz CT molecular complexity index is 335. The van der Waals surface area contributed by atoms with Crippen molar-refractivity contribution >= 4 is 0 Å². The van der Waals surface area contributed by atoms with Gasteiger partial charge >= 0.3 is 0 Å². The molecule has 0 spiro atoms. The van der Waals surface area contributed by atoms with Gasteiger partial charge in [0.15, 0.2) is 0 Å². The molecule has 0 aliphatic carbocycles. The molecule has 0 radical (unpaired) electrons. The molecule has 92 valence electrons. The number of nitrogens with one attached hydrogen (secondary N) is 1. The lowest BCUT2D eigenvalue weighted by Gasteiger charge is -2.30. The van der Waals surface area contributed by atoms with Gasteiger partial charge in [-0.25, -0.2) is 0 Å². The first-order valence-electron chi connectivity index (χ1n) is 5.96. The molecule has 0 aliphatic rings. The van der Waals surface area contributed by atoms with Crippen LogP contribution in [-0.2, 0) is 13.0 Å². The Hall–Kier alpha value is -0.870. The lowest BCUT2D eigenvalue weighted by Crippen LogP contribution is -2.38. The minimum Gasteiger partial charge on any atom is -0.271 e. The molecule has 1 unspecified atom stereocenters. The first-order valence-corrected chi connectivity index (χ1v) is 5.96. The Morgan fingerprint density at radius 1 is 1.44 bits per heavy atom. The lowest BCUT2D eigenvalue weighted by molar-refractivity contribution is 0.261. The first kappa shape index (κ1) is 13.2. The Morgan fingerprint density at radius 2 is 2.06 bits per heavy atom. The average Bonchev–Trinajstić information content (AvgIpc) is 2.60. The van der Waals surface area contributed by atoms with Crippen LogP contribution in [0.4, 0.5) is 0 Å². The fraction of sp³-hybridized carbons (Fsp3) is 0.750. The third-order valence-corrected chi connectivity index (χ3v) is 2.85. The van der Waals surface area contributed by atoms with Gasteiger partial charge in [0.25, 0.3) is 0 Å². The number of rotatable bonds is 4. The standard InChI is InChI=1S/C12H24N4/c1-6-9-8-10(16(7-2)15-9)11(14-13)12(3,4)5/h8,11,14H,6-7,13H2,1-5H3. The molecule has 0 aliphatic heterocycles. The monoisotopic (exact) mass is 224 g/mol. The van der Waals surface area contributed by atoms with Gasteiger partial charge in [-0.3, -0.25) is 16.0 Å². The molecule has 1 aromatic rings. The maximum Gasteiger partial charge on any atom is 0.0677 e. The van der Waals surface area contributed by atoms with Crippen molar-refractivity contribution in [2.24, 2.45) is 11.3 Å². The summed E-state index contributed by atoms with van der Waals surface area (Å²) in [4.78, 5) is 0. The molecule has 3 N–H and O–H groups in total. The number of aromatic nitrogens is 2. The van der Waals surface area contributed by atoms with Crippen LogP contribution in [0.25, 0.3) is 0 Å². The molecule has 1 aromatic heterocycles. The van der Waals surface area contributed by atoms with Gasteiger partial charge < -0.3 is 0 Å². The van der Waals surface area contributed by atoms with E-state index in [1.54, 1.807) is 0 Å². The number of hydrazine groups is 1. The highest BCUT2D eigenvalue weighted by atomic mass is 15.3. The minimum absolute atomic E-state index is 0.0761. The van der Waals surface area contributed by atoms with Crippen molar-refractivity contribution in [1.82, 2.24) is 15.2 Å². The van der Waals surface area contributed by atoms with E-state index in [1.165, 1.54) is 5.69 Å². The third kappa shape index (κ3) is 2.62. The quantitative estimate of drug-likeness (QED) is 0.607. The highest BCUT2D eigenvalue weighted by Gasteiger charge is 2.28. The Morgan fingerprint density at radius 3 is 2.44 bits per heavy atom. The van der Waals surface area contributed by atoms with Gasteiger partial charge in [-0.1, -0.05) is 27.7 Å². The summed E-state index contributed by atoms with van der Waals surface area (Å²) < 4.78 is 2.04. The minimum atomic E-state index is 0.0761. The molecule has 0 saturated carbocycles. The number of hydrogen-bond acceptors (Lipinski definition) is 3. The maximum absolute atomic E-state index is 5.67. The largest absolute Gasteiger partial charge is 0.271 e. The Balaban J connectivity index is 3.13. The first-order chi connectivity index (χ1) is 7.43. The van der Waals surface area contributed by atoms with Crippen LogP contribution >= 0.6 is 0 Å². The number of nitrogens with zero attached hydrogens (tertiary/aromatic N) is 2. The molecule has 4 nitrogen and oxygen atoms in total. The average molecular weight is 224 g/mol. The fourth-order valence-electron chi connectivity index (χ4n) is 1.92. The molecule has 16 heavy (non-hydrogen) atoms. The summed E-state index contributed by atoms with van der Waals surface area (Å²) in [5.74, 6) is 5.67. The summed E-state index contributed by atoms with van der Waals surface area (Å²) in [6.07, 6.45) is 0.960. The summed E-state index contributed by atoms with van der Waals surface area (Å²) in [6, 6.07) is 2.28. The van der Waals surface area contributed by atoms with E-state index in [1.807, 2.05) is 4.68 Å². The van der Waals surface area contributed by atoms with Crippen molar-refractivity contribution in [1.29, 1.82) is 0 Å². The van der Waals surface area contributed by atoms with Gasteiger partial charge in [0.05, 0.1) is 17.4 Å². The van der Waals surface area contributed by atoms with E-state index in [0.29, 0.717) is 0 Å². The summed E-state index contributed by atoms with van der Waals surface area (Å²) in [6.45, 7) is 11.6. The van der Waals surface area contributed by atoms with E-state index in [-0.39, 0.29) is 11.5 Å². The summed E-state index contributed by atoms with van der Waals surface area (Å²) in [5, 5.41) is 4.55. The van der Waals surface area contributed by atoms with E-state index < -0.39 is 0 Å². The normalized spacial score (nSPS) is 14.1. The molecule has 0 fully saturated rings. The van der Waals surface area contributed by atoms with Gasteiger partial charge in [-0.05, 0) is 24.8 Å². The molecule has 0 amide bonds. The number of nitrogens with two attached hydrogens (primary N) is 1. The molecule has 1 atom stereocenters. The van der Waals surface area contributed by atoms with Crippen LogP contribution in [0.3, 0.4) is 0 Å². The van der Waals surface area contributed by atoms with Crippen LogP contribution in [0.2, 0.25) is 0 Å². The smallest absolute Gasteiger partial charge is 0.0677 e. The van der Waals surface area contributed by atoms with E-state index in [0.717, 1.165) is 18.7 Å². The van der Waals surface area contributed by atoms with Crippen molar-refractivity contribution in [3.63, 3.8) is 0 Å². The van der Waals surface area contributed by atoms with Crippen molar-refractivity contribution in [2.75, 3.05) is 0 Å². The van der Waals surface area contributed by atoms with Crippen LogP contribution in [0.15, 0.2) is 6.07 Å². The molecule has 1 heterocycles. The zero-order valence-corrected chi connectivity index (χ0v) is 11.0. The van der Waals surface area contributed by atoms with Crippen LogP contribution < -0.4 is 11.3 Å². The third-order valence-electron chi connectivity index (χ3n) is 2.85. The van der Waals surface area contributed by atoms with E-state index in [2.05, 4.69) is 51.2 Å².